The zero-order valence-electron chi connectivity index (χ0n) is 12.4. The molecule has 0 aliphatic rings. The van der Waals surface area contributed by atoms with Gasteiger partial charge in [0.2, 0.25) is 0 Å². The molecule has 0 aromatic heterocycles. The fourth-order valence-electron chi connectivity index (χ4n) is 1.64. The summed E-state index contributed by atoms with van der Waals surface area (Å²) in [7, 11) is -3.92. The number of sulfonamides is 1. The maximum Gasteiger partial charge on any atom is 0.312 e. The third kappa shape index (κ3) is 5.21. The molecule has 0 aliphatic carbocycles. The largest absolute Gasteiger partial charge is 0.352 e. The van der Waals surface area contributed by atoms with Crippen LogP contribution in [0.5, 0.6) is 0 Å². The summed E-state index contributed by atoms with van der Waals surface area (Å²) in [4.78, 5) is 22.3. The molecule has 1 aromatic carbocycles. The lowest BCUT2D eigenvalue weighted by Gasteiger charge is -2.08. The highest BCUT2D eigenvalue weighted by molar-refractivity contribution is 7.90. The fraction of sp³-hybridized carbons (Fsp3) is 0.286. The summed E-state index contributed by atoms with van der Waals surface area (Å²) in [5.74, 6) is -0.652. The van der Waals surface area contributed by atoms with Crippen molar-refractivity contribution in [2.24, 2.45) is 5.73 Å². The van der Waals surface area contributed by atoms with Crippen LogP contribution in [0.1, 0.15) is 25.8 Å². The molecular weight excluding hydrogens is 306 g/mol. The van der Waals surface area contributed by atoms with E-state index in [0.717, 1.165) is 0 Å². The van der Waals surface area contributed by atoms with Gasteiger partial charge in [0, 0.05) is 12.1 Å². The highest BCUT2D eigenvalue weighted by atomic mass is 32.2. The van der Waals surface area contributed by atoms with E-state index in [9.17, 15) is 18.0 Å². The van der Waals surface area contributed by atoms with E-state index in [1.807, 2.05) is 11.6 Å². The van der Waals surface area contributed by atoms with Crippen molar-refractivity contribution in [2.45, 2.75) is 31.7 Å². The number of amides is 3. The fourth-order valence-corrected chi connectivity index (χ4v) is 2.65. The summed E-state index contributed by atoms with van der Waals surface area (Å²) in [5, 5.41) is 2.39. The van der Waals surface area contributed by atoms with Gasteiger partial charge in [-0.25, -0.2) is 17.9 Å². The highest BCUT2D eigenvalue weighted by Gasteiger charge is 2.18. The number of rotatable bonds is 6. The number of urea groups is 1. The lowest BCUT2D eigenvalue weighted by molar-refractivity contribution is -0.115. The van der Waals surface area contributed by atoms with Crippen LogP contribution in [0, 0.1) is 0 Å². The molecule has 120 valence electrons. The van der Waals surface area contributed by atoms with Crippen LogP contribution in [0.25, 0.3) is 0 Å². The summed E-state index contributed by atoms with van der Waals surface area (Å²) in [6.45, 7) is 3.59. The zero-order valence-corrected chi connectivity index (χ0v) is 13.2. The van der Waals surface area contributed by atoms with Gasteiger partial charge in [-0.2, -0.15) is 0 Å². The van der Waals surface area contributed by atoms with Crippen LogP contribution in [-0.2, 0) is 21.4 Å². The first-order valence-electron chi connectivity index (χ1n) is 6.62. The number of allylic oxidation sites excluding steroid dienone is 1. The Morgan fingerprint density at radius 1 is 1.23 bits per heavy atom. The predicted octanol–water partition coefficient (Wildman–Crippen LogP) is 1.02. The average Bonchev–Trinajstić information content (AvgIpc) is 2.45. The van der Waals surface area contributed by atoms with Crippen molar-refractivity contribution < 1.29 is 18.0 Å². The molecule has 0 spiro atoms. The molecule has 0 saturated heterocycles. The number of primary amides is 1. The van der Waals surface area contributed by atoms with E-state index in [4.69, 9.17) is 5.73 Å². The Morgan fingerprint density at radius 3 is 2.32 bits per heavy atom. The van der Waals surface area contributed by atoms with Gasteiger partial charge in [0.25, 0.3) is 15.9 Å². The van der Waals surface area contributed by atoms with Crippen LogP contribution < -0.4 is 15.8 Å². The second kappa shape index (κ2) is 7.60. The SMILES string of the molecule is CC/C=C(/C)C(=O)NS(=O)(=O)c1ccc(CNC(N)=O)cc1. The van der Waals surface area contributed by atoms with Gasteiger partial charge < -0.3 is 11.1 Å². The molecule has 4 N–H and O–H groups in total. The van der Waals surface area contributed by atoms with Gasteiger partial charge in [-0.15, -0.1) is 0 Å². The Bertz CT molecular complexity index is 679. The number of benzene rings is 1. The summed E-state index contributed by atoms with van der Waals surface area (Å²) in [6.07, 6.45) is 2.28. The number of carbonyl (C=O) groups excluding carboxylic acids is 2. The van der Waals surface area contributed by atoms with Crippen LogP contribution >= 0.6 is 0 Å². The second-order valence-corrected chi connectivity index (χ2v) is 6.27. The van der Waals surface area contributed by atoms with Gasteiger partial charge in [-0.1, -0.05) is 25.1 Å². The molecule has 0 heterocycles. The third-order valence-corrected chi connectivity index (χ3v) is 4.14. The number of nitrogens with one attached hydrogen (secondary N) is 2. The van der Waals surface area contributed by atoms with Crippen LogP contribution in [0.4, 0.5) is 4.79 Å². The van der Waals surface area contributed by atoms with Gasteiger partial charge in [0.1, 0.15) is 0 Å². The van der Waals surface area contributed by atoms with Crippen molar-refractivity contribution in [3.8, 4) is 0 Å². The smallest absolute Gasteiger partial charge is 0.312 e. The van der Waals surface area contributed by atoms with Gasteiger partial charge in [-0.3, -0.25) is 4.79 Å². The monoisotopic (exact) mass is 325 g/mol. The van der Waals surface area contributed by atoms with E-state index in [1.54, 1.807) is 13.0 Å². The lowest BCUT2D eigenvalue weighted by Crippen LogP contribution is -2.31. The van der Waals surface area contributed by atoms with Crippen molar-refractivity contribution >= 4 is 22.0 Å². The number of carbonyl (C=O) groups is 2. The van der Waals surface area contributed by atoms with E-state index in [0.29, 0.717) is 17.6 Å². The van der Waals surface area contributed by atoms with Crippen LogP contribution in [0.3, 0.4) is 0 Å². The number of hydrogen-bond donors (Lipinski definition) is 3. The quantitative estimate of drug-likeness (QED) is 0.676. The van der Waals surface area contributed by atoms with E-state index in [2.05, 4.69) is 5.32 Å². The molecule has 22 heavy (non-hydrogen) atoms. The van der Waals surface area contributed by atoms with E-state index >= 15 is 0 Å². The molecule has 0 aliphatic heterocycles. The summed E-state index contributed by atoms with van der Waals surface area (Å²) < 4.78 is 26.2. The Hall–Kier alpha value is -2.35. The second-order valence-electron chi connectivity index (χ2n) is 4.59. The lowest BCUT2D eigenvalue weighted by atomic mass is 10.2. The molecule has 0 radical (unpaired) electrons. The van der Waals surface area contributed by atoms with Crippen molar-refractivity contribution in [3.05, 3.63) is 41.5 Å². The van der Waals surface area contributed by atoms with Crippen LogP contribution in [-0.4, -0.2) is 20.4 Å². The van der Waals surface area contributed by atoms with Crippen LogP contribution in [0.15, 0.2) is 40.8 Å². The molecule has 1 aromatic rings. The summed E-state index contributed by atoms with van der Waals surface area (Å²) in [5.41, 5.74) is 5.98. The van der Waals surface area contributed by atoms with E-state index in [-0.39, 0.29) is 11.4 Å². The standard InChI is InChI=1S/C14H19N3O4S/c1-3-4-10(2)13(18)17-22(20,21)12-7-5-11(6-8-12)9-16-14(15)19/h4-8H,3,9H2,1-2H3,(H,17,18)(H3,15,16,19)/b10-4-. The number of nitrogens with two attached hydrogens (primary N) is 1. The van der Waals surface area contributed by atoms with Crippen molar-refractivity contribution in [2.75, 3.05) is 0 Å². The Kier molecular flexibility index (Phi) is 6.11. The van der Waals surface area contributed by atoms with Gasteiger partial charge in [0.15, 0.2) is 0 Å². The van der Waals surface area contributed by atoms with Crippen molar-refractivity contribution in [1.82, 2.24) is 10.0 Å². The average molecular weight is 325 g/mol. The first kappa shape index (κ1) is 17.7. The van der Waals surface area contributed by atoms with Crippen molar-refractivity contribution in [1.29, 1.82) is 0 Å². The molecule has 7 nitrogen and oxygen atoms in total. The summed E-state index contributed by atoms with van der Waals surface area (Å²) in [6, 6.07) is 5.11. The van der Waals surface area contributed by atoms with E-state index in [1.165, 1.54) is 24.3 Å². The first-order valence-corrected chi connectivity index (χ1v) is 8.10. The first-order chi connectivity index (χ1) is 10.3. The Balaban J connectivity index is 2.83. The molecule has 1 rings (SSSR count). The van der Waals surface area contributed by atoms with Gasteiger partial charge in [0.05, 0.1) is 4.90 Å². The minimum atomic E-state index is -3.92. The Labute approximate surface area is 129 Å². The molecule has 0 atom stereocenters. The molecule has 0 saturated carbocycles. The number of hydrogen-bond acceptors (Lipinski definition) is 4. The molecule has 0 fully saturated rings. The molecule has 8 heteroatoms. The molecule has 3 amide bonds. The van der Waals surface area contributed by atoms with Crippen LogP contribution in [0.2, 0.25) is 0 Å². The third-order valence-electron chi connectivity index (χ3n) is 2.80. The maximum absolute atomic E-state index is 12.1. The normalized spacial score (nSPS) is 11.8. The van der Waals surface area contributed by atoms with Gasteiger partial charge >= 0.3 is 6.03 Å². The minimum Gasteiger partial charge on any atom is -0.352 e. The highest BCUT2D eigenvalue weighted by Crippen LogP contribution is 2.11. The maximum atomic E-state index is 12.1. The minimum absolute atomic E-state index is 0.0343. The zero-order chi connectivity index (χ0) is 16.8. The molecule has 0 bridgehead atoms. The Morgan fingerprint density at radius 2 is 1.82 bits per heavy atom. The van der Waals surface area contributed by atoms with Gasteiger partial charge in [-0.05, 0) is 31.0 Å². The topological polar surface area (TPSA) is 118 Å². The molecule has 0 unspecified atom stereocenters. The van der Waals surface area contributed by atoms with E-state index < -0.39 is 22.0 Å². The molecular formula is C14H19N3O4S. The predicted molar refractivity (Wildman–Crippen MR) is 82.2 cm³/mol. The van der Waals surface area contributed by atoms with Crippen molar-refractivity contribution in [3.63, 3.8) is 0 Å². The summed E-state index contributed by atoms with van der Waals surface area (Å²) >= 11 is 0.